The summed E-state index contributed by atoms with van der Waals surface area (Å²) in [5.74, 6) is 0.387. The van der Waals surface area contributed by atoms with E-state index in [1.54, 1.807) is 0 Å². The number of H-pyrrole nitrogens is 1. The van der Waals surface area contributed by atoms with Crippen molar-refractivity contribution in [2.45, 2.75) is 51.7 Å². The van der Waals surface area contributed by atoms with Gasteiger partial charge in [-0.1, -0.05) is 13.8 Å². The Hall–Kier alpha value is -1.29. The van der Waals surface area contributed by atoms with Gasteiger partial charge in [-0.15, -0.1) is 0 Å². The van der Waals surface area contributed by atoms with Crippen molar-refractivity contribution in [2.24, 2.45) is 5.92 Å². The zero-order valence-electron chi connectivity index (χ0n) is 11.1. The number of carbonyl (C=O) groups excluding carboxylic acids is 1. The van der Waals surface area contributed by atoms with Crippen LogP contribution in [-0.4, -0.2) is 28.1 Å². The van der Waals surface area contributed by atoms with E-state index in [-0.39, 0.29) is 18.1 Å². The van der Waals surface area contributed by atoms with Crippen LogP contribution in [0.3, 0.4) is 0 Å². The molecular weight excluding hydrogens is 228 g/mol. The number of aliphatic hydroxyl groups excluding tert-OH is 1. The van der Waals surface area contributed by atoms with Crippen molar-refractivity contribution in [2.75, 3.05) is 0 Å². The first-order valence-electron chi connectivity index (χ1n) is 6.80. The molecule has 1 aromatic heterocycles. The number of rotatable bonds is 5. The Morgan fingerprint density at radius 3 is 2.72 bits per heavy atom. The average Bonchev–Trinajstić information content (AvgIpc) is 2.81. The number of hydrogen-bond donors (Lipinski definition) is 3. The van der Waals surface area contributed by atoms with Crippen molar-refractivity contribution in [1.82, 2.24) is 10.3 Å². The van der Waals surface area contributed by atoms with E-state index in [1.807, 2.05) is 12.1 Å². The van der Waals surface area contributed by atoms with Crippen LogP contribution in [-0.2, 0) is 6.42 Å². The van der Waals surface area contributed by atoms with E-state index in [1.165, 1.54) is 0 Å². The molecule has 100 valence electrons. The summed E-state index contributed by atoms with van der Waals surface area (Å²) in [6.45, 7) is 4.12. The van der Waals surface area contributed by atoms with Gasteiger partial charge in [0.2, 0.25) is 0 Å². The summed E-state index contributed by atoms with van der Waals surface area (Å²) in [6, 6.07) is 3.95. The lowest BCUT2D eigenvalue weighted by atomic mass is 9.76. The molecule has 0 aromatic carbocycles. The molecular formula is C14H22N2O2. The Bertz CT molecular complexity index is 408. The first-order chi connectivity index (χ1) is 8.63. The van der Waals surface area contributed by atoms with E-state index in [4.69, 9.17) is 0 Å². The fourth-order valence-electron chi connectivity index (χ4n) is 2.54. The summed E-state index contributed by atoms with van der Waals surface area (Å²) < 4.78 is 0. The van der Waals surface area contributed by atoms with Gasteiger partial charge >= 0.3 is 0 Å². The molecule has 0 radical (unpaired) electrons. The number of aliphatic hydroxyl groups is 1. The Kier molecular flexibility index (Phi) is 4.07. The quantitative estimate of drug-likeness (QED) is 0.746. The fraction of sp³-hybridized carbons (Fsp3) is 0.643. The van der Waals surface area contributed by atoms with Crippen LogP contribution >= 0.6 is 0 Å². The van der Waals surface area contributed by atoms with Crippen LogP contribution < -0.4 is 5.32 Å². The standard InChI is InChI=1S/C14H22N2O2/c1-3-10-5-6-13(15-10)14(18)16-12(4-2)9-7-11(17)8-9/h5-6,9,11-12,15,17H,3-4,7-8H2,1-2H3,(H,16,18)/t9?,11?,12-/m0/s1. The summed E-state index contributed by atoms with van der Waals surface area (Å²) in [6.07, 6.45) is 3.26. The minimum absolute atomic E-state index is 0.0389. The van der Waals surface area contributed by atoms with E-state index in [2.05, 4.69) is 24.1 Å². The van der Waals surface area contributed by atoms with Gasteiger partial charge in [0.1, 0.15) is 5.69 Å². The first-order valence-corrected chi connectivity index (χ1v) is 6.80. The van der Waals surface area contributed by atoms with Gasteiger partial charge in [0.25, 0.3) is 5.91 Å². The summed E-state index contributed by atoms with van der Waals surface area (Å²) in [7, 11) is 0. The maximum Gasteiger partial charge on any atom is 0.267 e. The molecule has 3 N–H and O–H groups in total. The van der Waals surface area contributed by atoms with Gasteiger partial charge in [-0.25, -0.2) is 0 Å². The molecule has 2 rings (SSSR count). The Morgan fingerprint density at radius 2 is 2.22 bits per heavy atom. The summed E-state index contributed by atoms with van der Waals surface area (Å²) in [4.78, 5) is 15.2. The molecule has 4 heteroatoms. The predicted molar refractivity (Wildman–Crippen MR) is 70.4 cm³/mol. The largest absolute Gasteiger partial charge is 0.393 e. The van der Waals surface area contributed by atoms with Gasteiger partial charge in [0.15, 0.2) is 0 Å². The van der Waals surface area contributed by atoms with Gasteiger partial charge in [-0.3, -0.25) is 4.79 Å². The van der Waals surface area contributed by atoms with Crippen LogP contribution in [0, 0.1) is 5.92 Å². The van der Waals surface area contributed by atoms with Gasteiger partial charge in [0.05, 0.1) is 6.10 Å². The molecule has 1 atom stereocenters. The van der Waals surface area contributed by atoms with Crippen LogP contribution in [0.4, 0.5) is 0 Å². The Labute approximate surface area is 108 Å². The van der Waals surface area contributed by atoms with Crippen molar-refractivity contribution in [3.63, 3.8) is 0 Å². The van der Waals surface area contributed by atoms with Crippen molar-refractivity contribution in [3.05, 3.63) is 23.5 Å². The van der Waals surface area contributed by atoms with Crippen molar-refractivity contribution in [1.29, 1.82) is 0 Å². The van der Waals surface area contributed by atoms with Gasteiger partial charge in [-0.2, -0.15) is 0 Å². The molecule has 0 spiro atoms. The lowest BCUT2D eigenvalue weighted by molar-refractivity contribution is 0.0232. The molecule has 0 aliphatic heterocycles. The molecule has 4 nitrogen and oxygen atoms in total. The molecule has 1 fully saturated rings. The third kappa shape index (κ3) is 2.75. The van der Waals surface area contributed by atoms with Crippen molar-refractivity contribution < 1.29 is 9.90 Å². The molecule has 1 amide bonds. The number of nitrogens with one attached hydrogen (secondary N) is 2. The number of carbonyl (C=O) groups is 1. The summed E-state index contributed by atoms with van der Waals surface area (Å²) >= 11 is 0. The van der Waals surface area contributed by atoms with Crippen LogP contribution in [0.2, 0.25) is 0 Å². The molecule has 0 saturated heterocycles. The highest BCUT2D eigenvalue weighted by molar-refractivity contribution is 5.92. The highest BCUT2D eigenvalue weighted by Gasteiger charge is 2.33. The van der Waals surface area contributed by atoms with Crippen molar-refractivity contribution in [3.8, 4) is 0 Å². The van der Waals surface area contributed by atoms with Gasteiger partial charge in [0, 0.05) is 11.7 Å². The van der Waals surface area contributed by atoms with E-state index >= 15 is 0 Å². The summed E-state index contributed by atoms with van der Waals surface area (Å²) in [5.41, 5.74) is 1.71. The maximum atomic E-state index is 12.1. The molecule has 1 saturated carbocycles. The number of aromatic amines is 1. The third-order valence-corrected chi connectivity index (χ3v) is 3.85. The Balaban J connectivity index is 1.92. The minimum Gasteiger partial charge on any atom is -0.393 e. The highest BCUT2D eigenvalue weighted by atomic mass is 16.3. The van der Waals surface area contributed by atoms with Crippen molar-refractivity contribution >= 4 is 5.91 Å². The number of hydrogen-bond acceptors (Lipinski definition) is 2. The average molecular weight is 250 g/mol. The zero-order valence-corrected chi connectivity index (χ0v) is 11.1. The fourth-order valence-corrected chi connectivity index (χ4v) is 2.54. The smallest absolute Gasteiger partial charge is 0.267 e. The second kappa shape index (κ2) is 5.57. The number of aryl methyl sites for hydroxylation is 1. The zero-order chi connectivity index (χ0) is 13.1. The van der Waals surface area contributed by atoms with E-state index in [0.717, 1.165) is 31.4 Å². The van der Waals surface area contributed by atoms with Crippen LogP contribution in [0.1, 0.15) is 49.3 Å². The third-order valence-electron chi connectivity index (χ3n) is 3.85. The first kappa shape index (κ1) is 13.1. The predicted octanol–water partition coefficient (Wildman–Crippen LogP) is 1.86. The van der Waals surface area contributed by atoms with E-state index in [0.29, 0.717) is 11.6 Å². The van der Waals surface area contributed by atoms with Gasteiger partial charge < -0.3 is 15.4 Å². The Morgan fingerprint density at radius 1 is 1.50 bits per heavy atom. The SMILES string of the molecule is CCc1ccc(C(=O)N[C@@H](CC)C2CC(O)C2)[nH]1. The minimum atomic E-state index is -0.168. The molecule has 1 aliphatic carbocycles. The molecule has 0 bridgehead atoms. The maximum absolute atomic E-state index is 12.1. The lowest BCUT2D eigenvalue weighted by Gasteiger charge is -2.37. The van der Waals surface area contributed by atoms with Crippen LogP contribution in [0.25, 0.3) is 0 Å². The van der Waals surface area contributed by atoms with Gasteiger partial charge in [-0.05, 0) is 43.7 Å². The number of aromatic nitrogens is 1. The normalized spacial score (nSPS) is 24.4. The summed E-state index contributed by atoms with van der Waals surface area (Å²) in [5, 5.41) is 12.4. The second-order valence-corrected chi connectivity index (χ2v) is 5.12. The van der Waals surface area contributed by atoms with E-state index < -0.39 is 0 Å². The molecule has 18 heavy (non-hydrogen) atoms. The van der Waals surface area contributed by atoms with Crippen LogP contribution in [0.5, 0.6) is 0 Å². The molecule has 1 aromatic rings. The highest BCUT2D eigenvalue weighted by Crippen LogP contribution is 2.31. The second-order valence-electron chi connectivity index (χ2n) is 5.12. The van der Waals surface area contributed by atoms with E-state index in [9.17, 15) is 9.90 Å². The van der Waals surface area contributed by atoms with Crippen LogP contribution in [0.15, 0.2) is 12.1 Å². The molecule has 1 heterocycles. The topological polar surface area (TPSA) is 65.1 Å². The molecule has 1 aliphatic rings. The lowest BCUT2D eigenvalue weighted by Crippen LogP contribution is -2.46. The molecule has 0 unspecified atom stereocenters. The number of amides is 1. The monoisotopic (exact) mass is 250 g/mol.